The van der Waals surface area contributed by atoms with Crippen molar-refractivity contribution in [2.24, 2.45) is 0 Å². The lowest BCUT2D eigenvalue weighted by molar-refractivity contribution is 0.348. The van der Waals surface area contributed by atoms with E-state index in [0.717, 1.165) is 6.61 Å². The van der Waals surface area contributed by atoms with Gasteiger partial charge in [-0.2, -0.15) is 0 Å². The molecule has 0 aliphatic rings. The van der Waals surface area contributed by atoms with Crippen LogP contribution in [0, 0.1) is 0 Å². The van der Waals surface area contributed by atoms with Gasteiger partial charge in [0.05, 0.1) is 0 Å². The van der Waals surface area contributed by atoms with Gasteiger partial charge in [-0.3, -0.25) is 0 Å². The van der Waals surface area contributed by atoms with Gasteiger partial charge in [-0.05, 0) is 13.0 Å². The molecular formula is C8H18OSi. The van der Waals surface area contributed by atoms with Crippen LogP contribution in [0.5, 0.6) is 0 Å². The Morgan fingerprint density at radius 2 is 2.20 bits per heavy atom. The summed E-state index contributed by atoms with van der Waals surface area (Å²) in [6.07, 6.45) is 2.56. The van der Waals surface area contributed by atoms with Crippen LogP contribution >= 0.6 is 0 Å². The predicted molar refractivity (Wildman–Crippen MR) is 48.7 cm³/mol. The Hall–Kier alpha value is -0.0831. The summed E-state index contributed by atoms with van der Waals surface area (Å²) in [6.45, 7) is 8.88. The van der Waals surface area contributed by atoms with Crippen molar-refractivity contribution in [2.75, 3.05) is 6.61 Å². The topological polar surface area (TPSA) is 9.23 Å². The summed E-state index contributed by atoms with van der Waals surface area (Å²) in [7, 11) is -0.967. The van der Waals surface area contributed by atoms with E-state index in [9.17, 15) is 0 Å². The second kappa shape index (κ2) is 7.03. The van der Waals surface area contributed by atoms with E-state index in [1.807, 2.05) is 5.70 Å². The van der Waals surface area contributed by atoms with Crippen LogP contribution in [0.15, 0.2) is 12.3 Å². The summed E-state index contributed by atoms with van der Waals surface area (Å²) in [4.78, 5) is 0. The van der Waals surface area contributed by atoms with Gasteiger partial charge in [0, 0.05) is 6.61 Å². The molecule has 0 radical (unpaired) electrons. The monoisotopic (exact) mass is 158 g/mol. The van der Waals surface area contributed by atoms with Gasteiger partial charge in [-0.25, -0.2) is 0 Å². The Kier molecular flexibility index (Phi) is 6.97. The van der Waals surface area contributed by atoms with Crippen LogP contribution < -0.4 is 0 Å². The van der Waals surface area contributed by atoms with Gasteiger partial charge in [-0.15, -0.1) is 6.58 Å². The second-order valence-electron chi connectivity index (χ2n) is 2.37. The highest BCUT2D eigenvalue weighted by Crippen LogP contribution is 2.02. The van der Waals surface area contributed by atoms with E-state index in [1.54, 1.807) is 0 Å². The average Bonchev–Trinajstić information content (AvgIpc) is 1.98. The van der Waals surface area contributed by atoms with Gasteiger partial charge in [-0.1, -0.05) is 25.5 Å². The first-order valence-electron chi connectivity index (χ1n) is 4.09. The predicted octanol–water partition coefficient (Wildman–Crippen LogP) is 2.27. The lowest BCUT2D eigenvalue weighted by atomic mass is 10.4. The van der Waals surface area contributed by atoms with E-state index in [1.165, 1.54) is 18.9 Å². The van der Waals surface area contributed by atoms with E-state index in [0.29, 0.717) is 0 Å². The fourth-order valence-corrected chi connectivity index (χ4v) is 2.67. The summed E-state index contributed by atoms with van der Waals surface area (Å²) >= 11 is 0. The van der Waals surface area contributed by atoms with E-state index >= 15 is 0 Å². The molecule has 0 saturated heterocycles. The van der Waals surface area contributed by atoms with Crippen molar-refractivity contribution in [3.63, 3.8) is 0 Å². The van der Waals surface area contributed by atoms with Crippen molar-refractivity contribution < 1.29 is 4.43 Å². The van der Waals surface area contributed by atoms with Crippen molar-refractivity contribution in [3.8, 4) is 0 Å². The highest BCUT2D eigenvalue weighted by Gasteiger charge is 2.03. The van der Waals surface area contributed by atoms with Gasteiger partial charge in [0.2, 0.25) is 9.04 Å². The number of hydrogen-bond acceptors (Lipinski definition) is 1. The molecular weight excluding hydrogens is 140 g/mol. The summed E-state index contributed by atoms with van der Waals surface area (Å²) in [5.41, 5.74) is 2.03. The molecule has 0 heterocycles. The average molecular weight is 158 g/mol. The van der Waals surface area contributed by atoms with Crippen LogP contribution in [0.1, 0.15) is 26.7 Å². The molecule has 0 aliphatic heterocycles. The third-order valence-electron chi connectivity index (χ3n) is 1.49. The molecule has 1 unspecified atom stereocenters. The molecule has 0 saturated carbocycles. The van der Waals surface area contributed by atoms with Crippen molar-refractivity contribution in [1.82, 2.24) is 0 Å². The SMILES string of the molecule is C=C[SiH](CCCC)OCC. The lowest BCUT2D eigenvalue weighted by Crippen LogP contribution is -2.14. The van der Waals surface area contributed by atoms with Crippen LogP contribution in [0.25, 0.3) is 0 Å². The highest BCUT2D eigenvalue weighted by atomic mass is 28.3. The Morgan fingerprint density at radius 1 is 1.50 bits per heavy atom. The van der Waals surface area contributed by atoms with Crippen LogP contribution in [0.3, 0.4) is 0 Å². The molecule has 0 fully saturated rings. The van der Waals surface area contributed by atoms with Gasteiger partial charge in [0.25, 0.3) is 0 Å². The van der Waals surface area contributed by atoms with Gasteiger partial charge in [0.1, 0.15) is 0 Å². The van der Waals surface area contributed by atoms with Gasteiger partial charge in [0.15, 0.2) is 0 Å². The van der Waals surface area contributed by atoms with Crippen LogP contribution in [0.4, 0.5) is 0 Å². The largest absolute Gasteiger partial charge is 0.416 e. The van der Waals surface area contributed by atoms with E-state index in [2.05, 4.69) is 20.4 Å². The molecule has 1 atom stereocenters. The molecule has 0 amide bonds. The molecule has 0 aromatic heterocycles. The summed E-state index contributed by atoms with van der Waals surface area (Å²) in [5, 5.41) is 0. The van der Waals surface area contributed by atoms with Crippen molar-refractivity contribution in [1.29, 1.82) is 0 Å². The molecule has 0 rings (SSSR count). The Morgan fingerprint density at radius 3 is 2.60 bits per heavy atom. The summed E-state index contributed by atoms with van der Waals surface area (Å²) in [5.74, 6) is 0. The molecule has 0 bridgehead atoms. The molecule has 1 nitrogen and oxygen atoms in total. The van der Waals surface area contributed by atoms with Gasteiger partial charge >= 0.3 is 0 Å². The third kappa shape index (κ3) is 4.76. The second-order valence-corrected chi connectivity index (χ2v) is 4.83. The number of hydrogen-bond donors (Lipinski definition) is 0. The summed E-state index contributed by atoms with van der Waals surface area (Å²) < 4.78 is 5.51. The van der Waals surface area contributed by atoms with E-state index < -0.39 is 9.04 Å². The zero-order valence-corrected chi connectivity index (χ0v) is 8.25. The third-order valence-corrected chi connectivity index (χ3v) is 3.75. The summed E-state index contributed by atoms with van der Waals surface area (Å²) in [6, 6.07) is 1.26. The zero-order valence-electron chi connectivity index (χ0n) is 7.10. The Labute approximate surface area is 65.8 Å². The normalized spacial score (nSPS) is 13.0. The van der Waals surface area contributed by atoms with Crippen LogP contribution in [0.2, 0.25) is 6.04 Å². The van der Waals surface area contributed by atoms with Crippen LogP contribution in [-0.2, 0) is 4.43 Å². The minimum Gasteiger partial charge on any atom is -0.416 e. The quantitative estimate of drug-likeness (QED) is 0.539. The zero-order chi connectivity index (χ0) is 7.82. The fourth-order valence-electron chi connectivity index (χ4n) is 0.889. The number of rotatable bonds is 6. The molecule has 10 heavy (non-hydrogen) atoms. The minimum atomic E-state index is -0.967. The van der Waals surface area contributed by atoms with Crippen molar-refractivity contribution in [3.05, 3.63) is 12.3 Å². The molecule has 0 aliphatic carbocycles. The standard InChI is InChI=1S/C8H18OSi/c1-4-7-8-10(6-3)9-5-2/h6,10H,3-5,7-8H2,1-2H3. The minimum absolute atomic E-state index is 0.854. The molecule has 0 aromatic carbocycles. The van der Waals surface area contributed by atoms with E-state index in [-0.39, 0.29) is 0 Å². The number of unbranched alkanes of at least 4 members (excludes halogenated alkanes) is 1. The molecule has 2 heteroatoms. The first-order valence-corrected chi connectivity index (χ1v) is 6.04. The molecule has 0 aromatic rings. The lowest BCUT2D eigenvalue weighted by Gasteiger charge is -2.08. The molecule has 0 spiro atoms. The smallest absolute Gasteiger partial charge is 0.200 e. The molecule has 0 N–H and O–H groups in total. The van der Waals surface area contributed by atoms with Crippen molar-refractivity contribution >= 4 is 9.04 Å². The van der Waals surface area contributed by atoms with Crippen LogP contribution in [-0.4, -0.2) is 15.6 Å². The maximum absolute atomic E-state index is 5.51. The maximum atomic E-state index is 5.51. The Bertz CT molecular complexity index is 83.3. The highest BCUT2D eigenvalue weighted by molar-refractivity contribution is 6.57. The Balaban J connectivity index is 3.29. The first-order chi connectivity index (χ1) is 4.85. The van der Waals surface area contributed by atoms with Crippen molar-refractivity contribution in [2.45, 2.75) is 32.7 Å². The van der Waals surface area contributed by atoms with Gasteiger partial charge < -0.3 is 4.43 Å². The fraction of sp³-hybridized carbons (Fsp3) is 0.750. The van der Waals surface area contributed by atoms with E-state index in [4.69, 9.17) is 4.43 Å². The maximum Gasteiger partial charge on any atom is 0.200 e. The first kappa shape index (κ1) is 9.92. The molecule has 60 valence electrons.